The zero-order chi connectivity index (χ0) is 21.4. The Morgan fingerprint density at radius 3 is 2.50 bits per heavy atom. The Morgan fingerprint density at radius 1 is 1.10 bits per heavy atom. The monoisotopic (exact) mass is 405 g/mol. The minimum atomic E-state index is -0.781. The van der Waals surface area contributed by atoms with Gasteiger partial charge in [0, 0.05) is 28.7 Å². The molecular formula is C22H17F2N5O. The van der Waals surface area contributed by atoms with E-state index in [1.165, 1.54) is 22.9 Å². The van der Waals surface area contributed by atoms with E-state index in [4.69, 9.17) is 11.1 Å². The first-order valence-corrected chi connectivity index (χ1v) is 9.09. The number of nitrogens with two attached hydrogens (primary N) is 1. The number of pyridine rings is 1. The van der Waals surface area contributed by atoms with Crippen LogP contribution in [0.15, 0.2) is 59.7 Å². The van der Waals surface area contributed by atoms with Crippen LogP contribution in [-0.4, -0.2) is 20.2 Å². The number of nitrogen functional groups attached to an aromatic ring is 1. The van der Waals surface area contributed by atoms with Gasteiger partial charge in [-0.15, -0.1) is 0 Å². The van der Waals surface area contributed by atoms with E-state index in [0.29, 0.717) is 39.3 Å². The van der Waals surface area contributed by atoms with Gasteiger partial charge in [0.25, 0.3) is 5.56 Å². The van der Waals surface area contributed by atoms with Crippen LogP contribution in [0.25, 0.3) is 22.3 Å². The van der Waals surface area contributed by atoms with Crippen LogP contribution < -0.4 is 11.3 Å². The standard InChI is InChI=1S/C22H17F2N5O/c1-12(25)15-5-4-13(9-19(15)26)14-7-17(23)16(18(24)8-14)11-29-20-3-2-6-27-22(20)28-10-21(29)30/h2-10,25H,11,26H2,1H3. The van der Waals surface area contributed by atoms with Gasteiger partial charge in [0.1, 0.15) is 11.6 Å². The maximum Gasteiger partial charge on any atom is 0.269 e. The van der Waals surface area contributed by atoms with Crippen LogP contribution in [0.5, 0.6) is 0 Å². The summed E-state index contributed by atoms with van der Waals surface area (Å²) in [7, 11) is 0. The minimum Gasteiger partial charge on any atom is -0.398 e. The van der Waals surface area contributed by atoms with Crippen LogP contribution in [0.4, 0.5) is 14.5 Å². The van der Waals surface area contributed by atoms with Crippen LogP contribution in [0.1, 0.15) is 18.1 Å². The van der Waals surface area contributed by atoms with E-state index in [-0.39, 0.29) is 12.1 Å². The van der Waals surface area contributed by atoms with E-state index < -0.39 is 17.2 Å². The number of nitrogens with one attached hydrogen (secondary N) is 1. The summed E-state index contributed by atoms with van der Waals surface area (Å²) in [5.41, 5.74) is 7.99. The summed E-state index contributed by atoms with van der Waals surface area (Å²) in [5.74, 6) is -1.56. The molecule has 2 aromatic heterocycles. The van der Waals surface area contributed by atoms with Gasteiger partial charge in [-0.3, -0.25) is 9.36 Å². The highest BCUT2D eigenvalue weighted by Crippen LogP contribution is 2.28. The quantitative estimate of drug-likeness (QED) is 0.399. The highest BCUT2D eigenvalue weighted by atomic mass is 19.1. The SMILES string of the molecule is CC(=N)c1ccc(-c2cc(F)c(Cn3c(=O)cnc4ncccc43)c(F)c2)cc1N. The van der Waals surface area contributed by atoms with Crippen molar-refractivity contribution in [3.63, 3.8) is 0 Å². The molecule has 0 bridgehead atoms. The Balaban J connectivity index is 1.77. The van der Waals surface area contributed by atoms with Crippen LogP contribution in [0.3, 0.4) is 0 Å². The number of rotatable bonds is 4. The molecular weight excluding hydrogens is 388 g/mol. The normalized spacial score (nSPS) is 11.0. The van der Waals surface area contributed by atoms with Crippen molar-refractivity contribution in [3.05, 3.63) is 88.0 Å². The maximum absolute atomic E-state index is 14.9. The summed E-state index contributed by atoms with van der Waals surface area (Å²) >= 11 is 0. The lowest BCUT2D eigenvalue weighted by atomic mass is 9.99. The molecule has 3 N–H and O–H groups in total. The Bertz CT molecular complexity index is 1340. The first kappa shape index (κ1) is 19.4. The molecule has 2 heterocycles. The molecule has 0 spiro atoms. The Morgan fingerprint density at radius 2 is 1.83 bits per heavy atom. The first-order valence-electron chi connectivity index (χ1n) is 9.09. The maximum atomic E-state index is 14.9. The van der Waals surface area contributed by atoms with Crippen molar-refractivity contribution in [2.75, 3.05) is 5.73 Å². The first-order chi connectivity index (χ1) is 14.3. The predicted octanol–water partition coefficient (Wildman–Crippen LogP) is 3.75. The molecule has 0 aliphatic rings. The molecule has 0 atom stereocenters. The average Bonchev–Trinajstić information content (AvgIpc) is 2.71. The Hall–Kier alpha value is -3.94. The lowest BCUT2D eigenvalue weighted by Crippen LogP contribution is -2.22. The lowest BCUT2D eigenvalue weighted by Gasteiger charge is -2.13. The predicted molar refractivity (Wildman–Crippen MR) is 112 cm³/mol. The van der Waals surface area contributed by atoms with Crippen molar-refractivity contribution in [2.24, 2.45) is 0 Å². The van der Waals surface area contributed by atoms with E-state index in [2.05, 4.69) is 9.97 Å². The number of nitrogens with zero attached hydrogens (tertiary/aromatic N) is 3. The number of hydrogen-bond donors (Lipinski definition) is 2. The Kier molecular flexibility index (Phi) is 4.83. The van der Waals surface area contributed by atoms with E-state index in [1.54, 1.807) is 37.3 Å². The molecule has 4 aromatic rings. The highest BCUT2D eigenvalue weighted by Gasteiger charge is 2.16. The smallest absolute Gasteiger partial charge is 0.269 e. The van der Waals surface area contributed by atoms with Crippen molar-refractivity contribution in [3.8, 4) is 11.1 Å². The largest absolute Gasteiger partial charge is 0.398 e. The van der Waals surface area contributed by atoms with Crippen molar-refractivity contribution < 1.29 is 8.78 Å². The van der Waals surface area contributed by atoms with Crippen LogP contribution in [0.2, 0.25) is 0 Å². The summed E-state index contributed by atoms with van der Waals surface area (Å²) in [4.78, 5) is 20.3. The molecule has 4 rings (SSSR count). The minimum absolute atomic E-state index is 0.239. The van der Waals surface area contributed by atoms with Crippen LogP contribution >= 0.6 is 0 Å². The van der Waals surface area contributed by atoms with Crippen molar-refractivity contribution in [1.29, 1.82) is 5.41 Å². The molecule has 150 valence electrons. The number of hydrogen-bond acceptors (Lipinski definition) is 5. The second-order valence-corrected chi connectivity index (χ2v) is 6.87. The van der Waals surface area contributed by atoms with Gasteiger partial charge < -0.3 is 11.1 Å². The van der Waals surface area contributed by atoms with Crippen molar-refractivity contribution >= 4 is 22.6 Å². The van der Waals surface area contributed by atoms with Gasteiger partial charge in [0.2, 0.25) is 0 Å². The average molecular weight is 405 g/mol. The topological polar surface area (TPSA) is 97.6 Å². The molecule has 0 aliphatic heterocycles. The summed E-state index contributed by atoms with van der Waals surface area (Å²) < 4.78 is 31.0. The van der Waals surface area contributed by atoms with Gasteiger partial charge in [-0.25, -0.2) is 18.7 Å². The van der Waals surface area contributed by atoms with Gasteiger partial charge in [0.05, 0.1) is 18.3 Å². The molecule has 0 aliphatic carbocycles. The fourth-order valence-electron chi connectivity index (χ4n) is 3.33. The van der Waals surface area contributed by atoms with Crippen molar-refractivity contribution in [1.82, 2.24) is 14.5 Å². The van der Waals surface area contributed by atoms with Gasteiger partial charge in [-0.05, 0) is 48.4 Å². The molecule has 8 heteroatoms. The van der Waals surface area contributed by atoms with E-state index in [0.717, 1.165) is 6.20 Å². The lowest BCUT2D eigenvalue weighted by molar-refractivity contribution is 0.545. The molecule has 2 aromatic carbocycles. The van der Waals surface area contributed by atoms with E-state index >= 15 is 0 Å². The second-order valence-electron chi connectivity index (χ2n) is 6.87. The molecule has 0 radical (unpaired) electrons. The molecule has 0 saturated heterocycles. The fraction of sp³-hybridized carbons (Fsp3) is 0.0909. The van der Waals surface area contributed by atoms with Crippen molar-refractivity contribution in [2.45, 2.75) is 13.5 Å². The number of aromatic nitrogens is 3. The molecule has 0 unspecified atom stereocenters. The van der Waals surface area contributed by atoms with Crippen LogP contribution in [-0.2, 0) is 6.54 Å². The van der Waals surface area contributed by atoms with Crippen LogP contribution in [0, 0.1) is 17.0 Å². The molecule has 30 heavy (non-hydrogen) atoms. The van der Waals surface area contributed by atoms with Gasteiger partial charge >= 0.3 is 0 Å². The Labute approximate surface area is 170 Å². The summed E-state index contributed by atoms with van der Waals surface area (Å²) in [6, 6.07) is 10.5. The number of fused-ring (bicyclic) bond motifs is 1. The van der Waals surface area contributed by atoms with Gasteiger partial charge in [-0.1, -0.05) is 12.1 Å². The molecule has 6 nitrogen and oxygen atoms in total. The fourth-order valence-corrected chi connectivity index (χ4v) is 3.33. The van der Waals surface area contributed by atoms with Gasteiger partial charge in [0.15, 0.2) is 5.65 Å². The highest BCUT2D eigenvalue weighted by molar-refractivity contribution is 6.01. The third-order valence-electron chi connectivity index (χ3n) is 4.87. The number of anilines is 1. The van der Waals surface area contributed by atoms with E-state index in [1.807, 2.05) is 0 Å². The van der Waals surface area contributed by atoms with Gasteiger partial charge in [-0.2, -0.15) is 0 Å². The summed E-state index contributed by atoms with van der Waals surface area (Å²) in [5, 5.41) is 7.69. The third-order valence-corrected chi connectivity index (χ3v) is 4.87. The number of benzene rings is 2. The zero-order valence-electron chi connectivity index (χ0n) is 16.0. The summed E-state index contributed by atoms with van der Waals surface area (Å²) in [6.45, 7) is 1.31. The number of halogens is 2. The van der Waals surface area contributed by atoms with E-state index in [9.17, 15) is 13.6 Å². The second kappa shape index (κ2) is 7.47. The third kappa shape index (κ3) is 3.43. The zero-order valence-corrected chi connectivity index (χ0v) is 16.0. The molecule has 0 fully saturated rings. The summed E-state index contributed by atoms with van der Waals surface area (Å²) in [6.07, 6.45) is 2.60. The molecule has 0 saturated carbocycles. The molecule has 0 amide bonds.